The molecule has 0 radical (unpaired) electrons. The van der Waals surface area contributed by atoms with Gasteiger partial charge in [0.1, 0.15) is 17.1 Å². The zero-order chi connectivity index (χ0) is 32.1. The van der Waals surface area contributed by atoms with Gasteiger partial charge in [-0.25, -0.2) is 9.78 Å². The number of rotatable bonds is 12. The van der Waals surface area contributed by atoms with Crippen LogP contribution in [-0.4, -0.2) is 66.7 Å². The van der Waals surface area contributed by atoms with E-state index < -0.39 is 23.8 Å². The number of ether oxygens (including phenoxy) is 3. The van der Waals surface area contributed by atoms with Gasteiger partial charge in [0.15, 0.2) is 5.69 Å². The first-order valence-electron chi connectivity index (χ1n) is 15.3. The van der Waals surface area contributed by atoms with E-state index in [1.807, 2.05) is 55.5 Å². The van der Waals surface area contributed by atoms with Gasteiger partial charge in [-0.05, 0) is 61.4 Å². The van der Waals surface area contributed by atoms with Crippen LogP contribution in [0.5, 0.6) is 0 Å². The Kier molecular flexibility index (Phi) is 9.74. The number of methoxy groups -OCH3 is 1. The van der Waals surface area contributed by atoms with Crippen LogP contribution in [0.2, 0.25) is 0 Å². The van der Waals surface area contributed by atoms with Gasteiger partial charge in [-0.15, -0.1) is 10.2 Å². The molecule has 1 unspecified atom stereocenters. The Morgan fingerprint density at radius 3 is 2.44 bits per heavy atom. The van der Waals surface area contributed by atoms with Crippen LogP contribution in [0.1, 0.15) is 80.9 Å². The zero-order valence-electron chi connectivity index (χ0n) is 26.3. The van der Waals surface area contributed by atoms with Gasteiger partial charge in [-0.2, -0.15) is 5.21 Å². The lowest BCUT2D eigenvalue weighted by Gasteiger charge is -2.20. The number of carbonyl (C=O) groups is 2. The minimum absolute atomic E-state index is 0.0235. The average molecular weight is 617 g/mol. The first kappa shape index (κ1) is 32.0. The topological polar surface area (TPSA) is 154 Å². The van der Waals surface area contributed by atoms with E-state index in [9.17, 15) is 14.7 Å². The molecule has 2 heterocycles. The average Bonchev–Trinajstić information content (AvgIpc) is 3.78. The molecular formula is C33H40N6O6. The van der Waals surface area contributed by atoms with Gasteiger partial charge in [-0.1, -0.05) is 55.5 Å². The summed E-state index contributed by atoms with van der Waals surface area (Å²) in [4.78, 5) is 31.2. The number of aryl methyl sites for hydroxylation is 1. The summed E-state index contributed by atoms with van der Waals surface area (Å²) in [5, 5.41) is 25.5. The fourth-order valence-electron chi connectivity index (χ4n) is 5.75. The van der Waals surface area contributed by atoms with E-state index in [0.717, 1.165) is 35.1 Å². The predicted molar refractivity (Wildman–Crippen MR) is 165 cm³/mol. The second-order valence-electron chi connectivity index (χ2n) is 11.9. The summed E-state index contributed by atoms with van der Waals surface area (Å²) in [6, 6.07) is 15.8. The van der Waals surface area contributed by atoms with Gasteiger partial charge in [-0.3, -0.25) is 4.79 Å². The lowest BCUT2D eigenvalue weighted by atomic mass is 9.98. The molecule has 12 heteroatoms. The second kappa shape index (κ2) is 13.7. The Morgan fingerprint density at radius 1 is 1.09 bits per heavy atom. The molecule has 5 rings (SSSR count). The van der Waals surface area contributed by atoms with Crippen molar-refractivity contribution in [1.29, 1.82) is 0 Å². The van der Waals surface area contributed by atoms with Crippen LogP contribution in [-0.2, 0) is 37.6 Å². The monoisotopic (exact) mass is 616 g/mol. The van der Waals surface area contributed by atoms with E-state index in [4.69, 9.17) is 19.2 Å². The molecule has 4 aromatic rings. The summed E-state index contributed by atoms with van der Waals surface area (Å²) in [6.45, 7) is 7.01. The number of aromatic nitrogens is 6. The number of imidazole rings is 1. The van der Waals surface area contributed by atoms with E-state index in [1.165, 1.54) is 6.92 Å². The number of aliphatic hydroxyl groups is 1. The van der Waals surface area contributed by atoms with Crippen LogP contribution < -0.4 is 0 Å². The molecule has 238 valence electrons. The molecule has 2 aromatic carbocycles. The Balaban J connectivity index is 1.40. The van der Waals surface area contributed by atoms with Crippen molar-refractivity contribution in [2.75, 3.05) is 7.11 Å². The number of carbonyl (C=O) groups excluding carboxylic acids is 2. The molecule has 0 spiro atoms. The third-order valence-corrected chi connectivity index (χ3v) is 8.02. The van der Waals surface area contributed by atoms with Crippen LogP contribution in [0.3, 0.4) is 0 Å². The Labute approximate surface area is 262 Å². The van der Waals surface area contributed by atoms with E-state index in [2.05, 4.69) is 20.6 Å². The molecule has 0 amide bonds. The lowest BCUT2D eigenvalue weighted by Crippen LogP contribution is -2.29. The number of benzene rings is 2. The first-order chi connectivity index (χ1) is 21.6. The molecule has 1 saturated carbocycles. The molecule has 1 aliphatic rings. The van der Waals surface area contributed by atoms with Gasteiger partial charge in [0, 0.05) is 32.6 Å². The van der Waals surface area contributed by atoms with E-state index in [-0.39, 0.29) is 23.4 Å². The van der Waals surface area contributed by atoms with Crippen LogP contribution in [0.25, 0.3) is 22.5 Å². The molecule has 12 nitrogen and oxygen atoms in total. The van der Waals surface area contributed by atoms with Gasteiger partial charge in [0.25, 0.3) is 0 Å². The number of tetrazole rings is 1. The van der Waals surface area contributed by atoms with E-state index in [1.54, 1.807) is 25.5 Å². The van der Waals surface area contributed by atoms with Crippen LogP contribution in [0, 0.1) is 5.92 Å². The highest BCUT2D eigenvalue weighted by Crippen LogP contribution is 2.32. The summed E-state index contributed by atoms with van der Waals surface area (Å²) in [7, 11) is 1.63. The molecular weight excluding hydrogens is 576 g/mol. The highest BCUT2D eigenvalue weighted by atomic mass is 16.7. The predicted octanol–water partition coefficient (Wildman–Crippen LogP) is 4.82. The SMILES string of the molecule is CCCc1nc(C(C)(C)O)c(C(=O)OC(C)OC(=O)[C@H]2CC[C@@H](OC)C2)n1Cc1ccc(-c2ccccc2-c2nn[nH]n2)cc1. The molecule has 2 aromatic heterocycles. The van der Waals surface area contributed by atoms with E-state index >= 15 is 0 Å². The normalized spacial score (nSPS) is 17.3. The molecule has 2 N–H and O–H groups in total. The van der Waals surface area contributed by atoms with Crippen molar-refractivity contribution in [3.63, 3.8) is 0 Å². The highest BCUT2D eigenvalue weighted by molar-refractivity contribution is 5.89. The Hall–Kier alpha value is -4.42. The third-order valence-electron chi connectivity index (χ3n) is 8.02. The number of H-pyrrole nitrogens is 1. The fraction of sp³-hybridized carbons (Fsp3) is 0.455. The minimum atomic E-state index is -1.43. The largest absolute Gasteiger partial charge is 0.425 e. The maximum Gasteiger partial charge on any atom is 0.360 e. The van der Waals surface area contributed by atoms with Gasteiger partial charge in [0.2, 0.25) is 12.1 Å². The third kappa shape index (κ3) is 7.29. The summed E-state index contributed by atoms with van der Waals surface area (Å²) in [5.41, 5.74) is 2.58. The van der Waals surface area contributed by atoms with Crippen molar-refractivity contribution in [2.24, 2.45) is 5.92 Å². The number of aromatic amines is 1. The zero-order valence-corrected chi connectivity index (χ0v) is 26.3. The smallest absolute Gasteiger partial charge is 0.360 e. The van der Waals surface area contributed by atoms with Crippen molar-refractivity contribution in [2.45, 2.75) is 84.3 Å². The summed E-state index contributed by atoms with van der Waals surface area (Å²) >= 11 is 0. The molecule has 3 atom stereocenters. The molecule has 0 bridgehead atoms. The number of hydrogen-bond donors (Lipinski definition) is 2. The van der Waals surface area contributed by atoms with Crippen molar-refractivity contribution in [3.8, 4) is 22.5 Å². The summed E-state index contributed by atoms with van der Waals surface area (Å²) in [6.07, 6.45) is 2.28. The standard InChI is InChI=1S/C33H40N6O6/c1-6-9-27-34-29(33(3,4)42)28(32(41)45-20(2)44-31(40)23-16-17-24(18-23)43-5)39(27)19-21-12-14-22(15-13-21)25-10-7-8-11-26(25)30-35-37-38-36-30/h7-8,10-15,20,23-24,42H,6,9,16-19H2,1-5H3,(H,35,36,37,38)/t20?,23-,24+/m0/s1. The van der Waals surface area contributed by atoms with Crippen LogP contribution in [0.4, 0.5) is 0 Å². The first-order valence-corrected chi connectivity index (χ1v) is 15.3. The van der Waals surface area contributed by atoms with Crippen molar-refractivity contribution in [1.82, 2.24) is 30.2 Å². The Morgan fingerprint density at radius 2 is 1.82 bits per heavy atom. The number of nitrogens with one attached hydrogen (secondary N) is 1. The number of hydrogen-bond acceptors (Lipinski definition) is 10. The summed E-state index contributed by atoms with van der Waals surface area (Å²) < 4.78 is 18.3. The highest BCUT2D eigenvalue weighted by Gasteiger charge is 2.35. The Bertz CT molecular complexity index is 1610. The van der Waals surface area contributed by atoms with Crippen LogP contribution >= 0.6 is 0 Å². The maximum atomic E-state index is 13.7. The molecule has 0 aliphatic heterocycles. The fourth-order valence-corrected chi connectivity index (χ4v) is 5.75. The quantitative estimate of drug-likeness (QED) is 0.167. The minimum Gasteiger partial charge on any atom is -0.425 e. The number of esters is 2. The van der Waals surface area contributed by atoms with Gasteiger partial charge in [0.05, 0.1) is 12.0 Å². The van der Waals surface area contributed by atoms with Gasteiger partial charge < -0.3 is 23.9 Å². The summed E-state index contributed by atoms with van der Waals surface area (Å²) in [5.74, 6) is -0.295. The lowest BCUT2D eigenvalue weighted by molar-refractivity contribution is -0.170. The molecule has 45 heavy (non-hydrogen) atoms. The van der Waals surface area contributed by atoms with Gasteiger partial charge >= 0.3 is 11.9 Å². The van der Waals surface area contributed by atoms with Crippen LogP contribution in [0.15, 0.2) is 48.5 Å². The molecule has 1 aliphatic carbocycles. The molecule has 1 fully saturated rings. The van der Waals surface area contributed by atoms with Crippen molar-refractivity contribution in [3.05, 3.63) is 71.3 Å². The van der Waals surface area contributed by atoms with E-state index in [0.29, 0.717) is 37.5 Å². The number of nitrogens with zero attached hydrogens (tertiary/aromatic N) is 5. The van der Waals surface area contributed by atoms with Crippen molar-refractivity contribution >= 4 is 11.9 Å². The second-order valence-corrected chi connectivity index (χ2v) is 11.9. The van der Waals surface area contributed by atoms with Crippen molar-refractivity contribution < 1.29 is 28.9 Å². The maximum absolute atomic E-state index is 13.7. The molecule has 0 saturated heterocycles.